The van der Waals surface area contributed by atoms with E-state index in [4.69, 9.17) is 4.52 Å². The largest absolute Gasteiger partial charge is 0.358 e. The summed E-state index contributed by atoms with van der Waals surface area (Å²) in [4.78, 5) is 42.4. The minimum atomic E-state index is -0.455. The maximum atomic E-state index is 12.7. The number of nitrogens with zero attached hydrogens (tertiary/aromatic N) is 7. The molecule has 5 rings (SSSR count). The van der Waals surface area contributed by atoms with E-state index in [9.17, 15) is 4.79 Å². The first-order chi connectivity index (χ1) is 15.3. The van der Waals surface area contributed by atoms with Crippen molar-refractivity contribution in [2.75, 3.05) is 0 Å². The summed E-state index contributed by atoms with van der Waals surface area (Å²) in [7, 11) is 0. The minimum absolute atomic E-state index is 0.179. The van der Waals surface area contributed by atoms with Crippen LogP contribution in [0.25, 0.3) is 33.0 Å². The summed E-state index contributed by atoms with van der Waals surface area (Å²) >= 11 is 1.35. The van der Waals surface area contributed by atoms with Gasteiger partial charge >= 0.3 is 0 Å². The van der Waals surface area contributed by atoms with E-state index in [1.165, 1.54) is 17.7 Å². The first kappa shape index (κ1) is 20.1. The van der Waals surface area contributed by atoms with Gasteiger partial charge in [-0.25, -0.2) is 29.9 Å². The number of rotatable bonds is 4. The second-order valence-corrected chi connectivity index (χ2v) is 9.13. The van der Waals surface area contributed by atoms with Crippen LogP contribution in [0.2, 0.25) is 0 Å². The second kappa shape index (κ2) is 7.41. The summed E-state index contributed by atoms with van der Waals surface area (Å²) < 4.78 is 5.46. The van der Waals surface area contributed by atoms with Crippen molar-refractivity contribution in [3.05, 3.63) is 41.4 Å². The predicted molar refractivity (Wildman–Crippen MR) is 117 cm³/mol. The van der Waals surface area contributed by atoms with Crippen LogP contribution in [0.15, 0.2) is 28.6 Å². The van der Waals surface area contributed by atoms with Crippen molar-refractivity contribution in [1.29, 1.82) is 0 Å². The Bertz CT molecular complexity index is 1450. The summed E-state index contributed by atoms with van der Waals surface area (Å²) in [6.45, 7) is 7.94. The molecule has 5 aromatic rings. The highest BCUT2D eigenvalue weighted by Crippen LogP contribution is 2.25. The predicted octanol–water partition coefficient (Wildman–Crippen LogP) is 3.20. The lowest BCUT2D eigenvalue weighted by Gasteiger charge is -2.15. The van der Waals surface area contributed by atoms with E-state index in [0.717, 1.165) is 5.82 Å². The van der Waals surface area contributed by atoms with E-state index < -0.39 is 6.04 Å². The zero-order valence-electron chi connectivity index (χ0n) is 17.7. The number of carbonyl (C=O) groups is 1. The highest BCUT2D eigenvalue weighted by molar-refractivity contribution is 7.16. The first-order valence-electron chi connectivity index (χ1n) is 9.85. The lowest BCUT2D eigenvalue weighted by molar-refractivity contribution is 0.0930. The molecule has 0 bridgehead atoms. The third-order valence-electron chi connectivity index (χ3n) is 4.80. The van der Waals surface area contributed by atoms with Crippen LogP contribution in [0.3, 0.4) is 0 Å². The molecule has 162 valence electrons. The Balaban J connectivity index is 1.37. The molecule has 11 nitrogen and oxygen atoms in total. The van der Waals surface area contributed by atoms with E-state index in [-0.39, 0.29) is 17.0 Å². The Kier molecular flexibility index (Phi) is 4.66. The van der Waals surface area contributed by atoms with Gasteiger partial charge in [0.1, 0.15) is 33.7 Å². The summed E-state index contributed by atoms with van der Waals surface area (Å²) in [6.07, 6.45) is 3.04. The normalized spacial score (nSPS) is 13.0. The molecule has 0 unspecified atom stereocenters. The minimum Gasteiger partial charge on any atom is -0.358 e. The monoisotopic (exact) mass is 449 g/mol. The van der Waals surface area contributed by atoms with Crippen molar-refractivity contribution in [3.8, 4) is 11.5 Å². The van der Waals surface area contributed by atoms with Crippen molar-refractivity contribution in [2.45, 2.75) is 39.2 Å². The van der Waals surface area contributed by atoms with Gasteiger partial charge in [-0.05, 0) is 6.92 Å². The van der Waals surface area contributed by atoms with Gasteiger partial charge in [0.25, 0.3) is 5.91 Å². The maximum Gasteiger partial charge on any atom is 0.272 e. The average molecular weight is 450 g/mol. The van der Waals surface area contributed by atoms with Crippen molar-refractivity contribution in [2.24, 2.45) is 0 Å². The number of aromatic nitrogens is 8. The second-order valence-electron chi connectivity index (χ2n) is 8.30. The standard InChI is InChI=1S/C20H19N9O2S/c1-9(25-17(30)13-14-18(23-7-22-13)32-8-24-14)12-5-10(29-31-12)15-26-11-6-21-19(20(2,3)4)28-16(11)27-15/h5-9H,1-4H3,(H,25,30)(H,21,26,27,28)/t9-/m1/s1. The number of fused-ring (bicyclic) bond motifs is 2. The van der Waals surface area contributed by atoms with Crippen molar-refractivity contribution in [3.63, 3.8) is 0 Å². The smallest absolute Gasteiger partial charge is 0.272 e. The van der Waals surface area contributed by atoms with Crippen LogP contribution in [0.5, 0.6) is 0 Å². The summed E-state index contributed by atoms with van der Waals surface area (Å²) in [5.74, 6) is 1.33. The van der Waals surface area contributed by atoms with Crippen LogP contribution < -0.4 is 5.32 Å². The van der Waals surface area contributed by atoms with E-state index in [0.29, 0.717) is 38.8 Å². The molecule has 0 spiro atoms. The molecule has 0 saturated carbocycles. The maximum absolute atomic E-state index is 12.7. The Labute approximate surface area is 185 Å². The summed E-state index contributed by atoms with van der Waals surface area (Å²) in [5, 5.41) is 6.95. The zero-order valence-corrected chi connectivity index (χ0v) is 18.6. The topological polar surface area (TPSA) is 148 Å². The SMILES string of the molecule is C[C@@H](NC(=O)c1ncnc2scnc12)c1cc(-c2nc3cnc(C(C)(C)C)nc3[nH]2)no1. The molecule has 5 aromatic heterocycles. The third-order valence-corrected chi connectivity index (χ3v) is 5.54. The Morgan fingerprint density at radius 1 is 1.19 bits per heavy atom. The number of H-pyrrole nitrogens is 1. The fourth-order valence-electron chi connectivity index (χ4n) is 3.09. The quantitative estimate of drug-likeness (QED) is 0.422. The van der Waals surface area contributed by atoms with Crippen molar-refractivity contribution >= 4 is 38.8 Å². The molecule has 0 aliphatic carbocycles. The molecule has 0 fully saturated rings. The molecular formula is C20H19N9O2S. The number of imidazole rings is 1. The van der Waals surface area contributed by atoms with E-state index in [1.54, 1.807) is 24.7 Å². The lowest BCUT2D eigenvalue weighted by atomic mass is 9.96. The van der Waals surface area contributed by atoms with Crippen LogP contribution in [-0.2, 0) is 5.41 Å². The van der Waals surface area contributed by atoms with Gasteiger partial charge < -0.3 is 14.8 Å². The first-order valence-corrected chi connectivity index (χ1v) is 10.7. The van der Waals surface area contributed by atoms with Gasteiger partial charge in [0.05, 0.1) is 17.7 Å². The zero-order chi connectivity index (χ0) is 22.5. The molecule has 2 N–H and O–H groups in total. The number of amides is 1. The van der Waals surface area contributed by atoms with E-state index >= 15 is 0 Å². The van der Waals surface area contributed by atoms with Crippen molar-refractivity contribution in [1.82, 2.24) is 45.4 Å². The van der Waals surface area contributed by atoms with Crippen LogP contribution in [0.1, 0.15) is 55.8 Å². The van der Waals surface area contributed by atoms with Crippen LogP contribution in [0.4, 0.5) is 0 Å². The van der Waals surface area contributed by atoms with Gasteiger partial charge in [-0.3, -0.25) is 4.79 Å². The number of thiazole rings is 1. The number of aromatic amines is 1. The summed E-state index contributed by atoms with van der Waals surface area (Å²) in [6, 6.07) is 1.27. The molecule has 5 heterocycles. The number of hydrogen-bond acceptors (Lipinski definition) is 10. The van der Waals surface area contributed by atoms with Gasteiger partial charge in [0.15, 0.2) is 22.9 Å². The van der Waals surface area contributed by atoms with Gasteiger partial charge in [-0.15, -0.1) is 11.3 Å². The van der Waals surface area contributed by atoms with Crippen LogP contribution >= 0.6 is 11.3 Å². The Hall–Kier alpha value is -3.80. The van der Waals surface area contributed by atoms with E-state index in [1.807, 2.05) is 20.8 Å². The van der Waals surface area contributed by atoms with E-state index in [2.05, 4.69) is 45.4 Å². The molecular weight excluding hydrogens is 430 g/mol. The van der Waals surface area contributed by atoms with Gasteiger partial charge in [0.2, 0.25) is 0 Å². The van der Waals surface area contributed by atoms with Crippen LogP contribution in [0, 0.1) is 0 Å². The molecule has 0 radical (unpaired) electrons. The highest BCUT2D eigenvalue weighted by atomic mass is 32.1. The van der Waals surface area contributed by atoms with Crippen LogP contribution in [-0.4, -0.2) is 46.0 Å². The average Bonchev–Trinajstić information content (AvgIpc) is 3.50. The molecule has 0 aromatic carbocycles. The van der Waals surface area contributed by atoms with Gasteiger partial charge in [-0.2, -0.15) is 0 Å². The summed E-state index contributed by atoms with van der Waals surface area (Å²) in [5.41, 5.74) is 3.90. The molecule has 12 heteroatoms. The Morgan fingerprint density at radius 3 is 2.84 bits per heavy atom. The Morgan fingerprint density at radius 2 is 2.03 bits per heavy atom. The van der Waals surface area contributed by atoms with Gasteiger partial charge in [-0.1, -0.05) is 25.9 Å². The third kappa shape index (κ3) is 3.58. The fraction of sp³-hybridized carbons (Fsp3) is 0.300. The molecule has 0 aliphatic heterocycles. The highest BCUT2D eigenvalue weighted by Gasteiger charge is 2.22. The molecule has 0 saturated heterocycles. The number of carbonyl (C=O) groups excluding carboxylic acids is 1. The fourth-order valence-corrected chi connectivity index (χ4v) is 3.72. The molecule has 1 atom stereocenters. The number of hydrogen-bond donors (Lipinski definition) is 2. The molecule has 32 heavy (non-hydrogen) atoms. The molecule has 1 amide bonds. The molecule has 0 aliphatic rings. The lowest BCUT2D eigenvalue weighted by Crippen LogP contribution is -2.27. The van der Waals surface area contributed by atoms with Crippen molar-refractivity contribution < 1.29 is 9.32 Å². The van der Waals surface area contributed by atoms with Gasteiger partial charge in [0, 0.05) is 11.5 Å². The number of nitrogens with one attached hydrogen (secondary N) is 2.